The minimum absolute atomic E-state index is 0.0757. The number of hydrogen-bond donors (Lipinski definition) is 0. The van der Waals surface area contributed by atoms with Crippen LogP contribution in [-0.2, 0) is 10.0 Å². The predicted molar refractivity (Wildman–Crippen MR) is 67.3 cm³/mol. The number of halogens is 1. The van der Waals surface area contributed by atoms with Crippen LogP contribution in [0.4, 0.5) is 0 Å². The molecule has 0 saturated heterocycles. The first-order chi connectivity index (χ1) is 7.67. The molecule has 1 aromatic rings. The van der Waals surface area contributed by atoms with Gasteiger partial charge in [-0.3, -0.25) is 4.79 Å². The molecule has 0 atom stereocenters. The topological polar surface area (TPSA) is 54.5 Å². The lowest BCUT2D eigenvalue weighted by Gasteiger charge is -2.29. The number of fused-ring (bicyclic) bond motifs is 1. The molecule has 92 valence electrons. The number of benzene rings is 1. The van der Waals surface area contributed by atoms with Crippen LogP contribution in [0, 0.1) is 0 Å². The van der Waals surface area contributed by atoms with Gasteiger partial charge in [0.25, 0.3) is 15.9 Å². The van der Waals surface area contributed by atoms with Gasteiger partial charge in [-0.2, -0.15) is 0 Å². The van der Waals surface area contributed by atoms with E-state index in [1.165, 1.54) is 6.07 Å². The maximum absolute atomic E-state index is 12.3. The Kier molecular flexibility index (Phi) is 2.63. The van der Waals surface area contributed by atoms with Crippen molar-refractivity contribution in [1.29, 1.82) is 0 Å². The number of nitrogens with zero attached hydrogens (tertiary/aromatic N) is 1. The van der Waals surface area contributed by atoms with Crippen molar-refractivity contribution in [2.45, 2.75) is 31.2 Å². The summed E-state index contributed by atoms with van der Waals surface area (Å²) in [7, 11) is -3.72. The van der Waals surface area contributed by atoms with Gasteiger partial charge >= 0.3 is 0 Å². The highest BCUT2D eigenvalue weighted by Crippen LogP contribution is 2.38. The van der Waals surface area contributed by atoms with Gasteiger partial charge in [-0.25, -0.2) is 12.7 Å². The van der Waals surface area contributed by atoms with E-state index in [0.717, 1.165) is 4.31 Å². The Morgan fingerprint density at radius 1 is 1.24 bits per heavy atom. The average molecular weight is 318 g/mol. The van der Waals surface area contributed by atoms with Crippen LogP contribution in [0.3, 0.4) is 0 Å². The van der Waals surface area contributed by atoms with Crippen LogP contribution >= 0.6 is 15.9 Å². The van der Waals surface area contributed by atoms with Crippen LogP contribution in [0.15, 0.2) is 27.6 Å². The molecule has 1 aliphatic rings. The molecule has 0 saturated carbocycles. The molecule has 0 unspecified atom stereocenters. The van der Waals surface area contributed by atoms with Crippen molar-refractivity contribution in [1.82, 2.24) is 4.31 Å². The molecule has 0 radical (unpaired) electrons. The second-order valence-electron chi connectivity index (χ2n) is 4.86. The molecule has 0 aliphatic carbocycles. The standard InChI is InChI=1S/C11H12BrNO3S/c1-11(2,3)13-10(14)9-7(12)5-4-6-8(9)17(13,15)16/h4-6H,1-3H3. The Labute approximate surface area is 109 Å². The molecule has 0 aromatic heterocycles. The molecule has 17 heavy (non-hydrogen) atoms. The van der Waals surface area contributed by atoms with Gasteiger partial charge in [0.05, 0.1) is 11.1 Å². The molecule has 0 bridgehead atoms. The van der Waals surface area contributed by atoms with E-state index in [4.69, 9.17) is 0 Å². The fourth-order valence-corrected chi connectivity index (χ4v) is 4.50. The Morgan fingerprint density at radius 3 is 2.29 bits per heavy atom. The maximum Gasteiger partial charge on any atom is 0.270 e. The van der Waals surface area contributed by atoms with E-state index < -0.39 is 21.5 Å². The second kappa shape index (κ2) is 3.55. The average Bonchev–Trinajstić information content (AvgIpc) is 2.34. The molecule has 0 fully saturated rings. The quantitative estimate of drug-likeness (QED) is 0.738. The lowest BCUT2D eigenvalue weighted by Crippen LogP contribution is -2.45. The molecule has 0 N–H and O–H groups in total. The van der Waals surface area contributed by atoms with E-state index in [-0.39, 0.29) is 10.5 Å². The lowest BCUT2D eigenvalue weighted by molar-refractivity contribution is 0.0787. The van der Waals surface area contributed by atoms with Gasteiger partial charge in [-0.1, -0.05) is 6.07 Å². The first-order valence-corrected chi connectivity index (χ1v) is 7.29. The normalized spacial score (nSPS) is 18.4. The van der Waals surface area contributed by atoms with E-state index in [1.807, 2.05) is 0 Å². The number of carbonyl (C=O) groups is 1. The van der Waals surface area contributed by atoms with Crippen molar-refractivity contribution in [2.24, 2.45) is 0 Å². The molecular formula is C11H12BrNO3S. The molecule has 6 heteroatoms. The SMILES string of the molecule is CC(C)(C)N1C(=O)c2c(Br)cccc2S1(=O)=O. The highest BCUT2D eigenvalue weighted by Gasteiger charge is 2.47. The third-order valence-electron chi connectivity index (χ3n) is 2.50. The Morgan fingerprint density at radius 2 is 1.82 bits per heavy atom. The highest BCUT2D eigenvalue weighted by molar-refractivity contribution is 9.10. The number of sulfonamides is 1. The zero-order valence-electron chi connectivity index (χ0n) is 9.69. The predicted octanol–water partition coefficient (Wildman–Crippen LogP) is 2.39. The van der Waals surface area contributed by atoms with Gasteiger partial charge in [0.2, 0.25) is 0 Å². The van der Waals surface area contributed by atoms with E-state index in [1.54, 1.807) is 32.9 Å². The summed E-state index contributed by atoms with van der Waals surface area (Å²) in [6, 6.07) is 4.73. The van der Waals surface area contributed by atoms with Gasteiger partial charge in [0.15, 0.2) is 0 Å². The van der Waals surface area contributed by atoms with Crippen LogP contribution in [0.25, 0.3) is 0 Å². The van der Waals surface area contributed by atoms with E-state index >= 15 is 0 Å². The minimum atomic E-state index is -3.72. The summed E-state index contributed by atoms with van der Waals surface area (Å²) in [5.74, 6) is -0.472. The molecule has 0 spiro atoms. The Bertz CT molecular complexity index is 602. The third kappa shape index (κ3) is 1.70. The van der Waals surface area contributed by atoms with Gasteiger partial charge in [-0.15, -0.1) is 0 Å². The summed E-state index contributed by atoms with van der Waals surface area (Å²) >= 11 is 3.22. The van der Waals surface area contributed by atoms with Crippen LogP contribution < -0.4 is 0 Å². The van der Waals surface area contributed by atoms with Crippen LogP contribution in [0.1, 0.15) is 31.1 Å². The third-order valence-corrected chi connectivity index (χ3v) is 5.25. The van der Waals surface area contributed by atoms with E-state index in [2.05, 4.69) is 15.9 Å². The number of hydrogen-bond acceptors (Lipinski definition) is 3. The number of rotatable bonds is 0. The summed E-state index contributed by atoms with van der Waals surface area (Å²) < 4.78 is 26.0. The first-order valence-electron chi connectivity index (χ1n) is 5.05. The molecule has 1 aliphatic heterocycles. The van der Waals surface area contributed by atoms with Crippen molar-refractivity contribution < 1.29 is 13.2 Å². The van der Waals surface area contributed by atoms with Crippen LogP contribution in [0.2, 0.25) is 0 Å². The zero-order valence-corrected chi connectivity index (χ0v) is 12.1. The fraction of sp³-hybridized carbons (Fsp3) is 0.364. The lowest BCUT2D eigenvalue weighted by atomic mass is 10.1. The summed E-state index contributed by atoms with van der Waals surface area (Å²) in [5.41, 5.74) is -0.545. The summed E-state index contributed by atoms with van der Waals surface area (Å²) in [6.07, 6.45) is 0. The second-order valence-corrected chi connectivity index (χ2v) is 7.47. The van der Waals surface area contributed by atoms with Crippen LogP contribution in [0.5, 0.6) is 0 Å². The van der Waals surface area contributed by atoms with Crippen molar-refractivity contribution in [3.8, 4) is 0 Å². The summed E-state index contributed by atoms with van der Waals surface area (Å²) in [4.78, 5) is 12.3. The van der Waals surface area contributed by atoms with Crippen molar-refractivity contribution >= 4 is 31.9 Å². The van der Waals surface area contributed by atoms with Crippen molar-refractivity contribution in [2.75, 3.05) is 0 Å². The zero-order chi connectivity index (χ0) is 13.0. The molecule has 1 aromatic carbocycles. The number of amides is 1. The molecule has 1 heterocycles. The molecular weight excluding hydrogens is 306 g/mol. The van der Waals surface area contributed by atoms with E-state index in [0.29, 0.717) is 4.47 Å². The number of carbonyl (C=O) groups excluding carboxylic acids is 1. The van der Waals surface area contributed by atoms with Crippen molar-refractivity contribution in [3.05, 3.63) is 28.2 Å². The minimum Gasteiger partial charge on any atom is -0.268 e. The van der Waals surface area contributed by atoms with Gasteiger partial charge in [0.1, 0.15) is 4.90 Å². The smallest absolute Gasteiger partial charge is 0.268 e. The monoisotopic (exact) mass is 317 g/mol. The van der Waals surface area contributed by atoms with Gasteiger partial charge in [-0.05, 0) is 48.8 Å². The summed E-state index contributed by atoms with van der Waals surface area (Å²) in [6.45, 7) is 5.09. The van der Waals surface area contributed by atoms with Crippen molar-refractivity contribution in [3.63, 3.8) is 0 Å². The maximum atomic E-state index is 12.3. The molecule has 4 nitrogen and oxygen atoms in total. The van der Waals surface area contributed by atoms with Crippen LogP contribution in [-0.4, -0.2) is 24.2 Å². The largest absolute Gasteiger partial charge is 0.270 e. The summed E-state index contributed by atoms with van der Waals surface area (Å²) in [5, 5.41) is 0. The molecule has 2 rings (SSSR count). The highest BCUT2D eigenvalue weighted by atomic mass is 79.9. The first kappa shape index (κ1) is 12.6. The molecule has 1 amide bonds. The van der Waals surface area contributed by atoms with E-state index in [9.17, 15) is 13.2 Å². The van der Waals surface area contributed by atoms with Gasteiger partial charge in [0, 0.05) is 4.47 Å². The van der Waals surface area contributed by atoms with Gasteiger partial charge < -0.3 is 0 Å². The Balaban J connectivity index is 2.79. The fourth-order valence-electron chi connectivity index (χ4n) is 1.90. The Hall–Kier alpha value is -0.880.